The van der Waals surface area contributed by atoms with Gasteiger partial charge in [-0.3, -0.25) is 15.3 Å². The number of ether oxygens (including phenoxy) is 2. The van der Waals surface area contributed by atoms with Crippen molar-refractivity contribution in [2.24, 2.45) is 0 Å². The summed E-state index contributed by atoms with van der Waals surface area (Å²) < 4.78 is 280. The minimum Gasteiger partial charge on any atom is -0.491 e. The van der Waals surface area contributed by atoms with Crippen LogP contribution in [-0.2, 0) is 14.0 Å². The topological polar surface area (TPSA) is 106 Å². The van der Waals surface area contributed by atoms with E-state index in [0.29, 0.717) is 17.2 Å². The van der Waals surface area contributed by atoms with Crippen LogP contribution in [0.2, 0.25) is 17.1 Å². The Bertz CT molecular complexity index is 2110. The van der Waals surface area contributed by atoms with Gasteiger partial charge in [0.25, 0.3) is 5.91 Å². The molecule has 0 saturated heterocycles. The van der Waals surface area contributed by atoms with Crippen molar-refractivity contribution >= 4 is 26.0 Å². The van der Waals surface area contributed by atoms with Gasteiger partial charge < -0.3 is 13.9 Å². The molecule has 2 aromatic rings. The largest absolute Gasteiger partial charge is 0.491 e. The number of anilines is 1. The van der Waals surface area contributed by atoms with Gasteiger partial charge in [-0.1, -0.05) is 51.5 Å². The van der Waals surface area contributed by atoms with E-state index in [9.17, 15) is 84.2 Å². The van der Waals surface area contributed by atoms with Crippen LogP contribution in [0.4, 0.5) is 93.9 Å². The molecule has 28 heteroatoms. The zero-order valence-corrected chi connectivity index (χ0v) is 37.1. The molecule has 386 valence electrons. The lowest BCUT2D eigenvalue weighted by atomic mass is 9.88. The summed E-state index contributed by atoms with van der Waals surface area (Å²) in [6, 6.07) is 6.22. The number of allylic oxidation sites excluding steroid dienone is 2. The first-order chi connectivity index (χ1) is 30.7. The molecule has 0 aliphatic rings. The zero-order valence-electron chi connectivity index (χ0n) is 36.1. The predicted octanol–water partition coefficient (Wildman–Crippen LogP) is 13.6. The molecule has 8 nitrogen and oxygen atoms in total. The normalized spacial score (nSPS) is 14.9. The number of amides is 2. The third-order valence-corrected chi connectivity index (χ3v) is 16.1. The molecule has 0 radical (unpaired) electrons. The average Bonchev–Trinajstić information content (AvgIpc) is 3.20. The van der Waals surface area contributed by atoms with Crippen molar-refractivity contribution in [1.29, 1.82) is 0 Å². The van der Waals surface area contributed by atoms with E-state index >= 15 is 8.78 Å². The highest BCUT2D eigenvalue weighted by Crippen LogP contribution is 2.64. The fourth-order valence-electron chi connectivity index (χ4n) is 6.63. The summed E-state index contributed by atoms with van der Waals surface area (Å²) in [7, 11) is -4.07. The van der Waals surface area contributed by atoms with Crippen molar-refractivity contribution in [1.82, 2.24) is 5.48 Å². The van der Waals surface area contributed by atoms with Crippen LogP contribution in [0.3, 0.4) is 0 Å². The van der Waals surface area contributed by atoms with Crippen molar-refractivity contribution in [3.8, 4) is 5.75 Å². The van der Waals surface area contributed by atoms with Gasteiger partial charge in [-0.05, 0) is 66.4 Å². The van der Waals surface area contributed by atoms with Gasteiger partial charge in [0.2, 0.25) is 0 Å². The van der Waals surface area contributed by atoms with E-state index in [4.69, 9.17) is 19.1 Å². The number of rotatable bonds is 23. The fourth-order valence-corrected chi connectivity index (χ4v) is 11.1. The van der Waals surface area contributed by atoms with E-state index in [1.54, 1.807) is 6.92 Å². The Labute approximate surface area is 375 Å². The fraction of sp³-hybridized carbons (Fsp3) is 0.550. The number of nitrogens with one attached hydrogen (secondary N) is 2. The van der Waals surface area contributed by atoms with Crippen LogP contribution in [0, 0.1) is 11.6 Å². The van der Waals surface area contributed by atoms with Crippen LogP contribution < -0.4 is 15.5 Å². The van der Waals surface area contributed by atoms with Crippen molar-refractivity contribution < 1.29 is 112 Å². The van der Waals surface area contributed by atoms with Crippen LogP contribution in [0.1, 0.15) is 66.1 Å². The number of benzene rings is 2. The van der Waals surface area contributed by atoms with Crippen LogP contribution >= 0.6 is 0 Å². The maximum absolute atomic E-state index is 15.0. The van der Waals surface area contributed by atoms with E-state index in [-0.39, 0.29) is 17.7 Å². The van der Waals surface area contributed by atoms with E-state index in [2.05, 4.69) is 5.32 Å². The first-order valence-electron chi connectivity index (χ1n) is 19.5. The number of hydroxylamine groups is 1. The number of hydrogen-bond donors (Lipinski definition) is 3. The van der Waals surface area contributed by atoms with Crippen LogP contribution in [0.15, 0.2) is 65.8 Å². The van der Waals surface area contributed by atoms with Gasteiger partial charge in [0.1, 0.15) is 30.1 Å². The summed E-state index contributed by atoms with van der Waals surface area (Å²) in [6.45, 7) is 7.11. The number of carbonyl (C=O) groups is 2. The zero-order chi connectivity index (χ0) is 52.9. The quantitative estimate of drug-likeness (QED) is 0.0195. The summed E-state index contributed by atoms with van der Waals surface area (Å²) in [5.74, 6) is -60.0. The van der Waals surface area contributed by atoms with Gasteiger partial charge in [-0.25, -0.2) is 19.1 Å². The standard InChI is InChI=1S/C40H43F19N2O6Si/c1-21(2)68(22(3)4,16-13-33(43,44)34(45,46)35(47,48)36(49,50)37(51,52)38(53,54)39(55,56)40(57,58)59)66-15-14-65-27-10-7-25(8-11-27)30(18-23(5)17-24(6)19-31(62)61-64)67-32(63)60-29-12-9-26(41)20-28(29)42/h7-12,17,19-22,30,64H,13-16,18H2,1-6H3,(H,60,63)(H,61,62)/b23-17+,24-19+/t30-/m1/s1. The summed E-state index contributed by atoms with van der Waals surface area (Å²) in [5, 5.41) is 10.9. The molecule has 0 aliphatic carbocycles. The Morgan fingerprint density at radius 3 is 1.66 bits per heavy atom. The lowest BCUT2D eigenvalue weighted by Gasteiger charge is -2.44. The second kappa shape index (κ2) is 21.5. The SMILES string of the molecule is CC(=C\C(=O)NO)/C=C(\C)C[C@@H](OC(=O)Nc1ccc(F)cc1F)c1ccc(OCCO[Si](CCC(F)(F)C(F)(F)C(F)(F)C(F)(F)C(F)(F)C(F)(F)C(F)(F)C(F)(F)F)(C(C)C)C(C)C)cc1. The van der Waals surface area contributed by atoms with Crippen molar-refractivity contribution in [2.45, 2.75) is 125 Å². The second-order valence-electron chi connectivity index (χ2n) is 15.9. The minimum atomic E-state index is -8.73. The van der Waals surface area contributed by atoms with Gasteiger partial charge in [-0.15, -0.1) is 0 Å². The molecule has 0 unspecified atom stereocenters. The molecular weight excluding hydrogens is 993 g/mol. The molecular formula is C40H43F19N2O6Si. The van der Waals surface area contributed by atoms with Crippen LogP contribution in [0.5, 0.6) is 5.75 Å². The Kier molecular flexibility index (Phi) is 18.8. The summed E-state index contributed by atoms with van der Waals surface area (Å²) >= 11 is 0. The number of carbonyl (C=O) groups excluding carboxylic acids is 2. The van der Waals surface area contributed by atoms with Gasteiger partial charge in [-0.2, -0.15) is 74.6 Å². The molecule has 68 heavy (non-hydrogen) atoms. The van der Waals surface area contributed by atoms with Gasteiger partial charge >= 0.3 is 53.7 Å². The highest BCUT2D eigenvalue weighted by atomic mass is 28.4. The Morgan fingerprint density at radius 2 is 1.19 bits per heavy atom. The molecule has 3 N–H and O–H groups in total. The monoisotopic (exact) mass is 1040 g/mol. The number of alkyl halides is 17. The molecule has 2 rings (SSSR count). The van der Waals surface area contributed by atoms with Crippen molar-refractivity contribution in [2.75, 3.05) is 18.5 Å². The number of halogens is 19. The molecule has 0 saturated carbocycles. The van der Waals surface area contributed by atoms with Crippen molar-refractivity contribution in [3.63, 3.8) is 0 Å². The molecule has 1 atom stereocenters. The van der Waals surface area contributed by atoms with Crippen LogP contribution in [-0.4, -0.2) is 86.4 Å². The third-order valence-electron chi connectivity index (χ3n) is 10.4. The lowest BCUT2D eigenvalue weighted by molar-refractivity contribution is -0.461. The Balaban J connectivity index is 2.33. The summed E-state index contributed by atoms with van der Waals surface area (Å²) in [5.41, 5.74) is 0.180. The van der Waals surface area contributed by atoms with Gasteiger partial charge in [0.05, 0.1) is 12.3 Å². The molecule has 0 fully saturated rings. The van der Waals surface area contributed by atoms with Gasteiger partial charge in [0, 0.05) is 25.0 Å². The third kappa shape index (κ3) is 12.3. The maximum Gasteiger partial charge on any atom is 0.460 e. The summed E-state index contributed by atoms with van der Waals surface area (Å²) in [6.07, 6.45) is -10.4. The highest BCUT2D eigenvalue weighted by molar-refractivity contribution is 6.76. The van der Waals surface area contributed by atoms with E-state index < -0.39 is 128 Å². The van der Waals surface area contributed by atoms with Gasteiger partial charge in [0.15, 0.2) is 8.32 Å². The summed E-state index contributed by atoms with van der Waals surface area (Å²) in [4.78, 5) is 24.3. The van der Waals surface area contributed by atoms with E-state index in [0.717, 1.165) is 18.2 Å². The number of hydrogen-bond acceptors (Lipinski definition) is 6. The maximum atomic E-state index is 15.0. The first-order valence-corrected chi connectivity index (χ1v) is 21.8. The highest BCUT2D eigenvalue weighted by Gasteiger charge is 2.95. The molecule has 0 bridgehead atoms. The first kappa shape index (κ1) is 59.4. The van der Waals surface area contributed by atoms with Crippen LogP contribution in [0.25, 0.3) is 0 Å². The molecule has 2 aromatic carbocycles. The van der Waals surface area contributed by atoms with E-state index in [1.807, 2.05) is 0 Å². The van der Waals surface area contributed by atoms with E-state index in [1.165, 1.54) is 70.4 Å². The Morgan fingerprint density at radius 1 is 0.691 bits per heavy atom. The average molecular weight is 1040 g/mol. The molecule has 0 heterocycles. The smallest absolute Gasteiger partial charge is 0.460 e. The minimum absolute atomic E-state index is 0.0288. The molecule has 0 aromatic heterocycles. The predicted molar refractivity (Wildman–Crippen MR) is 205 cm³/mol. The Hall–Kier alpha value is -4.73. The second-order valence-corrected chi connectivity index (χ2v) is 20.9. The molecule has 2 amide bonds. The lowest BCUT2D eigenvalue weighted by Crippen LogP contribution is -2.74. The van der Waals surface area contributed by atoms with Crippen molar-refractivity contribution in [3.05, 3.63) is 83.0 Å². The molecule has 0 spiro atoms. The molecule has 0 aliphatic heterocycles.